The molecule has 0 saturated heterocycles. The van der Waals surface area contributed by atoms with Gasteiger partial charge in [-0.2, -0.15) is 0 Å². The van der Waals surface area contributed by atoms with E-state index in [4.69, 9.17) is 22.9 Å². The Bertz CT molecular complexity index is 1430. The quantitative estimate of drug-likeness (QED) is 0.0228. The average molecular weight is 846 g/mol. The monoisotopic (exact) mass is 845 g/mol. The fraction of sp³-hybridized carbons (Fsp3) is 0.686. The number of carbonyl (C=O) groups is 9. The topological polar surface area (TPSA) is 423 Å². The Morgan fingerprint density at radius 3 is 1.80 bits per heavy atom. The number of carbonyl (C=O) groups excluding carboxylic acids is 9. The van der Waals surface area contributed by atoms with Gasteiger partial charge in [-0.25, -0.2) is 4.79 Å². The number of amides is 10. The first kappa shape index (κ1) is 53.6. The summed E-state index contributed by atoms with van der Waals surface area (Å²) in [4.78, 5) is 113. The molecule has 0 aliphatic carbocycles. The first-order chi connectivity index (χ1) is 27.8. The molecule has 0 rings (SSSR count). The van der Waals surface area contributed by atoms with Gasteiger partial charge in [0, 0.05) is 19.5 Å². The van der Waals surface area contributed by atoms with Crippen molar-refractivity contribution in [1.29, 1.82) is 0 Å². The summed E-state index contributed by atoms with van der Waals surface area (Å²) in [5.41, 5.74) is 21.0. The summed E-state index contributed by atoms with van der Waals surface area (Å²) in [6, 6.07) is -10.6. The maximum atomic E-state index is 13.6. The van der Waals surface area contributed by atoms with E-state index in [0.29, 0.717) is 6.42 Å². The molecule has 336 valence electrons. The zero-order chi connectivity index (χ0) is 45.1. The normalized spacial score (nSPS) is 15.2. The summed E-state index contributed by atoms with van der Waals surface area (Å²) in [6.45, 7) is 1.05. The summed E-state index contributed by atoms with van der Waals surface area (Å²) in [7, 11) is 0. The second kappa shape index (κ2) is 29.7. The molecular formula is C35H63N11O13. The molecule has 24 heteroatoms. The van der Waals surface area contributed by atoms with Crippen molar-refractivity contribution in [3.63, 3.8) is 0 Å². The van der Waals surface area contributed by atoms with Crippen molar-refractivity contribution in [2.45, 2.75) is 127 Å². The molecule has 0 aliphatic rings. The minimum absolute atomic E-state index is 0.0250. The minimum atomic E-state index is -2.40. The Labute approximate surface area is 341 Å². The van der Waals surface area contributed by atoms with Gasteiger partial charge in [0.1, 0.15) is 30.2 Å². The molecule has 19 N–H and O–H groups in total. The smallest absolute Gasteiger partial charge is 0.312 e. The largest absolute Gasteiger partial charge is 0.394 e. The third-order valence-electron chi connectivity index (χ3n) is 8.55. The van der Waals surface area contributed by atoms with Crippen molar-refractivity contribution in [1.82, 2.24) is 37.2 Å². The number of urea groups is 1. The SMILES string of the molecule is CCCCCCC/C=C\C(=O)N[C@H](CCCNC(N)=O)C(=O)N[C@@H](CO)C(=O)NC(CCNC(=O)[C@@H](N)[C@H](C)O)C(=O)N[C@H](C(=O)N[C@H](CO)CC(N)=O)[C@H](O)C(N)=O. The van der Waals surface area contributed by atoms with Crippen LogP contribution < -0.4 is 60.2 Å². The number of hydrogen-bond donors (Lipinski definition) is 15. The number of aliphatic hydroxyl groups excluding tert-OH is 4. The van der Waals surface area contributed by atoms with Crippen LogP contribution in [0.1, 0.15) is 78.1 Å². The molecular weight excluding hydrogens is 782 g/mol. The number of unbranched alkanes of at least 4 members (excludes halogenated alkanes) is 5. The molecule has 0 aromatic rings. The van der Waals surface area contributed by atoms with Crippen LogP contribution in [0.3, 0.4) is 0 Å². The van der Waals surface area contributed by atoms with Gasteiger partial charge in [0.2, 0.25) is 47.3 Å². The van der Waals surface area contributed by atoms with Crippen LogP contribution in [-0.4, -0.2) is 148 Å². The predicted molar refractivity (Wildman–Crippen MR) is 209 cm³/mol. The highest BCUT2D eigenvalue weighted by atomic mass is 16.3. The third kappa shape index (κ3) is 22.9. The van der Waals surface area contributed by atoms with Gasteiger partial charge in [-0.1, -0.05) is 38.7 Å². The van der Waals surface area contributed by atoms with E-state index in [2.05, 4.69) is 38.8 Å². The highest BCUT2D eigenvalue weighted by molar-refractivity contribution is 5.98. The van der Waals surface area contributed by atoms with Crippen LogP contribution in [0.5, 0.6) is 0 Å². The third-order valence-corrected chi connectivity index (χ3v) is 8.55. The van der Waals surface area contributed by atoms with Crippen LogP contribution in [0.15, 0.2) is 12.2 Å². The van der Waals surface area contributed by atoms with E-state index < -0.39 is 134 Å². The molecule has 0 aromatic carbocycles. The lowest BCUT2D eigenvalue weighted by Gasteiger charge is -2.28. The van der Waals surface area contributed by atoms with Crippen LogP contribution in [-0.2, 0) is 38.4 Å². The van der Waals surface area contributed by atoms with E-state index in [1.54, 1.807) is 6.08 Å². The molecule has 1 unspecified atom stereocenters. The Morgan fingerprint density at radius 2 is 1.24 bits per heavy atom. The molecule has 0 saturated carbocycles. The molecule has 0 aliphatic heterocycles. The maximum Gasteiger partial charge on any atom is 0.312 e. The standard InChI is InChI=1S/C35H63N11O13/c1-3-4-5-6-7-8-9-12-25(51)43-21(11-10-14-41-35(39)59)30(54)45-23(18-48)32(56)44-22(13-15-40-33(57)26(37)19(2)49)31(55)46-27(28(52)29(38)53)34(58)42-20(17-47)16-24(36)50/h9,12,19-23,26-28,47-49,52H,3-8,10-11,13-18,37H2,1-2H3,(H2,36,50)(H2,38,53)(H,40,57)(H,42,58)(H,43,51)(H,44,56)(H,45,54)(H,46,55)(H3,39,41,59)/b12-9-/t19-,20-,21+,22?,23-,26-,27-,28-/m0/s1. The van der Waals surface area contributed by atoms with E-state index in [9.17, 15) is 63.6 Å². The summed E-state index contributed by atoms with van der Waals surface area (Å²) >= 11 is 0. The average Bonchev–Trinajstić information content (AvgIpc) is 3.17. The first-order valence-electron chi connectivity index (χ1n) is 19.2. The van der Waals surface area contributed by atoms with Crippen LogP contribution >= 0.6 is 0 Å². The number of primary amides is 3. The second-order valence-corrected chi connectivity index (χ2v) is 13.6. The van der Waals surface area contributed by atoms with Gasteiger partial charge in [-0.3, -0.25) is 38.4 Å². The van der Waals surface area contributed by atoms with Gasteiger partial charge < -0.3 is 80.6 Å². The Morgan fingerprint density at radius 1 is 0.644 bits per heavy atom. The van der Waals surface area contributed by atoms with E-state index in [1.807, 2.05) is 5.32 Å². The first-order valence-corrected chi connectivity index (χ1v) is 19.2. The molecule has 59 heavy (non-hydrogen) atoms. The van der Waals surface area contributed by atoms with Gasteiger partial charge in [0.05, 0.1) is 25.4 Å². The molecule has 10 amide bonds. The molecule has 0 spiro atoms. The summed E-state index contributed by atoms with van der Waals surface area (Å²) in [6.07, 6.45) is 3.86. The molecule has 0 aromatic heterocycles. The number of aliphatic hydroxyl groups is 4. The van der Waals surface area contributed by atoms with E-state index >= 15 is 0 Å². The van der Waals surface area contributed by atoms with Crippen molar-refractivity contribution in [3.8, 4) is 0 Å². The molecule has 0 fully saturated rings. The number of hydrogen-bond acceptors (Lipinski definition) is 14. The van der Waals surface area contributed by atoms with Gasteiger partial charge in [-0.15, -0.1) is 0 Å². The molecule has 0 heterocycles. The fourth-order valence-corrected chi connectivity index (χ4v) is 5.15. The molecule has 0 radical (unpaired) electrons. The number of nitrogens with one attached hydrogen (secondary N) is 7. The van der Waals surface area contributed by atoms with Crippen LogP contribution in [0, 0.1) is 0 Å². The summed E-state index contributed by atoms with van der Waals surface area (Å²) in [5.74, 6) is -8.68. The van der Waals surface area contributed by atoms with E-state index in [-0.39, 0.29) is 19.4 Å². The lowest BCUT2D eigenvalue weighted by atomic mass is 10.1. The highest BCUT2D eigenvalue weighted by Gasteiger charge is 2.36. The van der Waals surface area contributed by atoms with Crippen LogP contribution in [0.4, 0.5) is 4.79 Å². The fourth-order valence-electron chi connectivity index (χ4n) is 5.15. The Hall–Kier alpha value is -5.43. The number of nitrogens with two attached hydrogens (primary N) is 4. The van der Waals surface area contributed by atoms with Crippen molar-refractivity contribution in [2.24, 2.45) is 22.9 Å². The zero-order valence-electron chi connectivity index (χ0n) is 33.4. The van der Waals surface area contributed by atoms with Gasteiger partial charge in [0.15, 0.2) is 6.10 Å². The zero-order valence-corrected chi connectivity index (χ0v) is 33.4. The highest BCUT2D eigenvalue weighted by Crippen LogP contribution is 2.06. The van der Waals surface area contributed by atoms with Crippen molar-refractivity contribution in [3.05, 3.63) is 12.2 Å². The predicted octanol–water partition coefficient (Wildman–Crippen LogP) is -6.30. The van der Waals surface area contributed by atoms with Crippen molar-refractivity contribution >= 4 is 53.3 Å². The molecule has 24 nitrogen and oxygen atoms in total. The van der Waals surface area contributed by atoms with Crippen LogP contribution in [0.2, 0.25) is 0 Å². The molecule has 8 atom stereocenters. The summed E-state index contributed by atoms with van der Waals surface area (Å²) in [5, 5.41) is 55.6. The lowest BCUT2D eigenvalue weighted by molar-refractivity contribution is -0.140. The number of rotatable bonds is 31. The second-order valence-electron chi connectivity index (χ2n) is 13.6. The molecule has 0 bridgehead atoms. The summed E-state index contributed by atoms with van der Waals surface area (Å²) < 4.78 is 0. The Balaban J connectivity index is 6.29. The van der Waals surface area contributed by atoms with Gasteiger partial charge >= 0.3 is 6.03 Å². The van der Waals surface area contributed by atoms with Crippen LogP contribution in [0.25, 0.3) is 0 Å². The van der Waals surface area contributed by atoms with Gasteiger partial charge in [-0.05, 0) is 45.1 Å². The van der Waals surface area contributed by atoms with Crippen molar-refractivity contribution in [2.75, 3.05) is 26.3 Å². The Kier molecular flexibility index (Phi) is 27.0. The van der Waals surface area contributed by atoms with Crippen molar-refractivity contribution < 1.29 is 63.6 Å². The van der Waals surface area contributed by atoms with Gasteiger partial charge in [0.25, 0.3) is 0 Å². The van der Waals surface area contributed by atoms with E-state index in [1.165, 1.54) is 13.0 Å². The maximum absolute atomic E-state index is 13.6. The lowest BCUT2D eigenvalue weighted by Crippen LogP contribution is -2.63. The van der Waals surface area contributed by atoms with E-state index in [0.717, 1.165) is 32.1 Å². The number of allylic oxidation sites excluding steroid dienone is 1. The minimum Gasteiger partial charge on any atom is -0.394 e.